The van der Waals surface area contributed by atoms with Crippen LogP contribution < -0.4 is 0 Å². The summed E-state index contributed by atoms with van der Waals surface area (Å²) >= 11 is 0. The van der Waals surface area contributed by atoms with Gasteiger partial charge in [-0.3, -0.25) is 4.55 Å². The maximum atomic E-state index is 10.4. The molecule has 1 rings (SSSR count). The first kappa shape index (κ1) is 10.3. The van der Waals surface area contributed by atoms with Crippen molar-refractivity contribution >= 4 is 10.1 Å². The Kier molecular flexibility index (Phi) is 3.16. The first-order chi connectivity index (χ1) is 5.97. The van der Waals surface area contributed by atoms with Gasteiger partial charge < -0.3 is 9.80 Å². The monoisotopic (exact) mass is 204 g/mol. The second-order valence-electron chi connectivity index (χ2n) is 2.84. The topological polar surface area (TPSA) is 60.9 Å². The lowest BCUT2D eigenvalue weighted by Gasteiger charge is -2.14. The fraction of sp³-hybridized carbons (Fsp3) is 0.571. The van der Waals surface area contributed by atoms with Gasteiger partial charge in [0.25, 0.3) is 10.1 Å². The summed E-state index contributed by atoms with van der Waals surface area (Å²) in [4.78, 5) is 3.48. The van der Waals surface area contributed by atoms with Crippen LogP contribution in [0.2, 0.25) is 0 Å². The minimum Gasteiger partial charge on any atom is -0.349 e. The lowest BCUT2D eigenvalue weighted by Crippen LogP contribution is -2.19. The van der Waals surface area contributed by atoms with E-state index in [0.29, 0.717) is 13.0 Å². The molecule has 0 atom stereocenters. The van der Waals surface area contributed by atoms with Gasteiger partial charge in [-0.15, -0.1) is 0 Å². The highest BCUT2D eigenvalue weighted by Crippen LogP contribution is 2.08. The summed E-state index contributed by atoms with van der Waals surface area (Å²) in [5, 5.41) is 0. The van der Waals surface area contributed by atoms with Crippen LogP contribution in [0.4, 0.5) is 0 Å². The predicted octanol–water partition coefficient (Wildman–Crippen LogP) is -0.0208. The van der Waals surface area contributed by atoms with Crippen LogP contribution in [0.15, 0.2) is 12.4 Å². The van der Waals surface area contributed by atoms with E-state index in [1.54, 1.807) is 16.0 Å². The van der Waals surface area contributed by atoms with Crippen LogP contribution in [0, 0.1) is 6.67 Å². The molecular formula is C7H12N2O3S. The SMILES string of the molecule is CN1[C]N(CCCS(=O)(=O)O)C=C1. The van der Waals surface area contributed by atoms with E-state index in [0.717, 1.165) is 0 Å². The Balaban J connectivity index is 2.18. The molecule has 0 saturated heterocycles. The minimum atomic E-state index is -3.82. The molecule has 5 nitrogen and oxygen atoms in total. The normalized spacial score (nSPS) is 17.1. The van der Waals surface area contributed by atoms with E-state index in [-0.39, 0.29) is 5.75 Å². The quantitative estimate of drug-likeness (QED) is 0.652. The molecule has 0 fully saturated rings. The Hall–Kier alpha value is -0.750. The Bertz CT molecular complexity index is 286. The van der Waals surface area contributed by atoms with Gasteiger partial charge in [0.2, 0.25) is 6.67 Å². The molecule has 13 heavy (non-hydrogen) atoms. The van der Waals surface area contributed by atoms with E-state index in [9.17, 15) is 8.42 Å². The molecule has 6 heteroatoms. The number of rotatable bonds is 4. The van der Waals surface area contributed by atoms with Crippen molar-refractivity contribution in [1.82, 2.24) is 9.80 Å². The van der Waals surface area contributed by atoms with Crippen molar-refractivity contribution in [2.75, 3.05) is 19.3 Å². The number of hydrogen-bond donors (Lipinski definition) is 1. The molecule has 0 aliphatic carbocycles. The average Bonchev–Trinajstić information content (AvgIpc) is 2.33. The zero-order valence-corrected chi connectivity index (χ0v) is 8.16. The van der Waals surface area contributed by atoms with Crippen molar-refractivity contribution in [3.63, 3.8) is 0 Å². The van der Waals surface area contributed by atoms with Crippen LogP contribution >= 0.6 is 0 Å². The zero-order valence-electron chi connectivity index (χ0n) is 7.34. The van der Waals surface area contributed by atoms with Crippen molar-refractivity contribution in [3.05, 3.63) is 19.1 Å². The van der Waals surface area contributed by atoms with Gasteiger partial charge in [-0.05, 0) is 6.42 Å². The molecule has 1 aliphatic rings. The third kappa shape index (κ3) is 4.14. The van der Waals surface area contributed by atoms with Gasteiger partial charge in [0.1, 0.15) is 0 Å². The Morgan fingerprint density at radius 2 is 2.15 bits per heavy atom. The summed E-state index contributed by atoms with van der Waals surface area (Å²) in [6, 6.07) is 0. The highest BCUT2D eigenvalue weighted by molar-refractivity contribution is 7.85. The standard InChI is InChI=1S/C7H12N2O3S/c1-8-4-5-9(7-8)3-2-6-13(10,11)12/h4-5H,2-3,6H2,1H3,(H,10,11,12). The molecule has 0 spiro atoms. The van der Waals surface area contributed by atoms with Gasteiger partial charge in [-0.2, -0.15) is 8.42 Å². The van der Waals surface area contributed by atoms with E-state index in [1.165, 1.54) is 0 Å². The summed E-state index contributed by atoms with van der Waals surface area (Å²) in [7, 11) is -1.99. The highest BCUT2D eigenvalue weighted by Gasteiger charge is 2.11. The molecule has 0 aromatic rings. The maximum Gasteiger partial charge on any atom is 0.264 e. The molecule has 0 unspecified atom stereocenters. The lowest BCUT2D eigenvalue weighted by atomic mass is 10.4. The molecule has 0 aromatic heterocycles. The largest absolute Gasteiger partial charge is 0.349 e. The van der Waals surface area contributed by atoms with Crippen molar-refractivity contribution in [2.45, 2.75) is 6.42 Å². The van der Waals surface area contributed by atoms with Crippen LogP contribution in [-0.4, -0.2) is 42.1 Å². The van der Waals surface area contributed by atoms with Crippen LogP contribution in [0.3, 0.4) is 0 Å². The van der Waals surface area contributed by atoms with Gasteiger partial charge in [0, 0.05) is 26.0 Å². The molecular weight excluding hydrogens is 192 g/mol. The third-order valence-corrected chi connectivity index (χ3v) is 2.36. The molecule has 0 bridgehead atoms. The number of nitrogens with zero attached hydrogens (tertiary/aromatic N) is 2. The van der Waals surface area contributed by atoms with Gasteiger partial charge in [-0.25, -0.2) is 0 Å². The van der Waals surface area contributed by atoms with Crippen molar-refractivity contribution < 1.29 is 13.0 Å². The van der Waals surface area contributed by atoms with E-state index < -0.39 is 10.1 Å². The fourth-order valence-electron chi connectivity index (χ4n) is 0.992. The van der Waals surface area contributed by atoms with Crippen LogP contribution in [0.1, 0.15) is 6.42 Å². The lowest BCUT2D eigenvalue weighted by molar-refractivity contribution is 0.377. The Morgan fingerprint density at radius 3 is 2.62 bits per heavy atom. The molecule has 1 aliphatic heterocycles. The average molecular weight is 204 g/mol. The van der Waals surface area contributed by atoms with Crippen LogP contribution in [0.5, 0.6) is 0 Å². The molecule has 0 amide bonds. The van der Waals surface area contributed by atoms with Gasteiger partial charge in [0.05, 0.1) is 5.75 Å². The highest BCUT2D eigenvalue weighted by atomic mass is 32.2. The summed E-state index contributed by atoms with van der Waals surface area (Å²) in [5.41, 5.74) is 0. The van der Waals surface area contributed by atoms with Gasteiger partial charge in [-0.1, -0.05) is 0 Å². The second kappa shape index (κ2) is 3.97. The molecule has 1 heterocycles. The summed E-state index contributed by atoms with van der Waals surface area (Å²) in [5.74, 6) is -0.206. The van der Waals surface area contributed by atoms with E-state index in [2.05, 4.69) is 6.67 Å². The second-order valence-corrected chi connectivity index (χ2v) is 4.41. The first-order valence-electron chi connectivity index (χ1n) is 3.86. The van der Waals surface area contributed by atoms with Gasteiger partial charge in [0.15, 0.2) is 0 Å². The predicted molar refractivity (Wildman–Crippen MR) is 47.9 cm³/mol. The third-order valence-electron chi connectivity index (χ3n) is 1.56. The Morgan fingerprint density at radius 1 is 1.46 bits per heavy atom. The molecule has 0 aromatic carbocycles. The fourth-order valence-corrected chi connectivity index (χ4v) is 1.49. The molecule has 1 N–H and O–H groups in total. The summed E-state index contributed by atoms with van der Waals surface area (Å²) < 4.78 is 29.2. The van der Waals surface area contributed by atoms with Crippen LogP contribution in [0.25, 0.3) is 0 Å². The van der Waals surface area contributed by atoms with E-state index in [1.807, 2.05) is 13.2 Å². The summed E-state index contributed by atoms with van der Waals surface area (Å²) in [6.45, 7) is 3.46. The maximum absolute atomic E-state index is 10.4. The van der Waals surface area contributed by atoms with Gasteiger partial charge >= 0.3 is 0 Å². The molecule has 0 saturated carbocycles. The van der Waals surface area contributed by atoms with Crippen molar-refractivity contribution in [3.8, 4) is 0 Å². The minimum absolute atomic E-state index is 0.206. The van der Waals surface area contributed by atoms with E-state index >= 15 is 0 Å². The smallest absolute Gasteiger partial charge is 0.264 e. The Labute approximate surface area is 78.4 Å². The summed E-state index contributed by atoms with van der Waals surface area (Å²) in [6.07, 6.45) is 4.00. The molecule has 74 valence electrons. The van der Waals surface area contributed by atoms with Crippen molar-refractivity contribution in [2.24, 2.45) is 0 Å². The first-order valence-corrected chi connectivity index (χ1v) is 5.47. The van der Waals surface area contributed by atoms with Crippen molar-refractivity contribution in [1.29, 1.82) is 0 Å². The zero-order chi connectivity index (χ0) is 9.90. The van der Waals surface area contributed by atoms with Crippen LogP contribution in [-0.2, 0) is 10.1 Å². The van der Waals surface area contributed by atoms with E-state index in [4.69, 9.17) is 4.55 Å². The number of hydrogen-bond acceptors (Lipinski definition) is 4. The molecule has 2 radical (unpaired) electrons.